The molecule has 0 atom stereocenters. The van der Waals surface area contributed by atoms with Gasteiger partial charge in [0.1, 0.15) is 0 Å². The second-order valence-corrected chi connectivity index (χ2v) is 7.61. The maximum absolute atomic E-state index is 12.6. The van der Waals surface area contributed by atoms with E-state index in [1.807, 2.05) is 65.3 Å². The Morgan fingerprint density at radius 2 is 1.75 bits per heavy atom. The second kappa shape index (κ2) is 9.24. The number of amides is 1. The summed E-state index contributed by atoms with van der Waals surface area (Å²) in [6.07, 6.45) is 3.73. The maximum atomic E-state index is 12.6. The van der Waals surface area contributed by atoms with Gasteiger partial charge in [0.15, 0.2) is 0 Å². The molecule has 0 saturated heterocycles. The molecule has 3 aromatic rings. The minimum Gasteiger partial charge on any atom is -0.340 e. The first-order valence-electron chi connectivity index (χ1n) is 8.88. The molecule has 1 aromatic heterocycles. The van der Waals surface area contributed by atoms with Crippen LogP contribution in [0.5, 0.6) is 0 Å². The van der Waals surface area contributed by atoms with Gasteiger partial charge in [-0.2, -0.15) is 5.10 Å². The lowest BCUT2D eigenvalue weighted by Gasteiger charge is -2.21. The molecule has 1 heterocycles. The minimum absolute atomic E-state index is 0.0371. The number of carbonyl (C=O) groups is 1. The van der Waals surface area contributed by atoms with Crippen molar-refractivity contribution in [2.45, 2.75) is 13.1 Å². The van der Waals surface area contributed by atoms with E-state index in [2.05, 4.69) is 5.10 Å². The van der Waals surface area contributed by atoms with Crippen LogP contribution in [0.15, 0.2) is 60.9 Å². The molecule has 7 heteroatoms. The van der Waals surface area contributed by atoms with E-state index in [1.54, 1.807) is 24.2 Å². The molecule has 0 fully saturated rings. The number of halogens is 2. The van der Waals surface area contributed by atoms with E-state index >= 15 is 0 Å². The summed E-state index contributed by atoms with van der Waals surface area (Å²) in [7, 11) is 3.71. The third-order valence-electron chi connectivity index (χ3n) is 4.34. The van der Waals surface area contributed by atoms with Crippen LogP contribution >= 0.6 is 23.2 Å². The number of carbonyl (C=O) groups excluding carboxylic acids is 1. The van der Waals surface area contributed by atoms with Gasteiger partial charge in [0.2, 0.25) is 5.91 Å². The summed E-state index contributed by atoms with van der Waals surface area (Å²) in [6.45, 7) is 1.43. The molecule has 0 aliphatic rings. The smallest absolute Gasteiger partial charge is 0.236 e. The van der Waals surface area contributed by atoms with Crippen LogP contribution in [0.25, 0.3) is 5.69 Å². The van der Waals surface area contributed by atoms with Crippen LogP contribution in [0.1, 0.15) is 11.1 Å². The van der Waals surface area contributed by atoms with Gasteiger partial charge < -0.3 is 4.90 Å². The number of para-hydroxylation sites is 1. The number of hydrogen-bond acceptors (Lipinski definition) is 3. The predicted octanol–water partition coefficient (Wildman–Crippen LogP) is 4.27. The molecule has 0 saturated carbocycles. The van der Waals surface area contributed by atoms with Crippen LogP contribution in [0.4, 0.5) is 0 Å². The number of aromatic nitrogens is 2. The lowest BCUT2D eigenvalue weighted by molar-refractivity contribution is -0.131. The van der Waals surface area contributed by atoms with Crippen molar-refractivity contribution in [3.63, 3.8) is 0 Å². The first-order chi connectivity index (χ1) is 13.4. The highest BCUT2D eigenvalue weighted by Gasteiger charge is 2.14. The first-order valence-corrected chi connectivity index (χ1v) is 9.63. The average molecular weight is 417 g/mol. The number of likely N-dealkylation sites (N-methyl/N-ethyl adjacent to an activating group) is 2. The summed E-state index contributed by atoms with van der Waals surface area (Å²) in [5.74, 6) is 0.0371. The van der Waals surface area contributed by atoms with Crippen LogP contribution in [-0.2, 0) is 17.9 Å². The molecule has 3 rings (SSSR count). The van der Waals surface area contributed by atoms with Crippen molar-refractivity contribution in [1.29, 1.82) is 0 Å². The van der Waals surface area contributed by atoms with E-state index in [-0.39, 0.29) is 5.91 Å². The van der Waals surface area contributed by atoms with Gasteiger partial charge in [0.25, 0.3) is 0 Å². The summed E-state index contributed by atoms with van der Waals surface area (Å²) in [4.78, 5) is 16.2. The molecule has 2 aromatic carbocycles. The van der Waals surface area contributed by atoms with Crippen LogP contribution in [0.3, 0.4) is 0 Å². The average Bonchev–Trinajstić information content (AvgIpc) is 3.14. The number of benzene rings is 2. The third kappa shape index (κ3) is 5.35. The van der Waals surface area contributed by atoms with Crippen LogP contribution < -0.4 is 0 Å². The Labute approximate surface area is 175 Å². The topological polar surface area (TPSA) is 41.4 Å². The predicted molar refractivity (Wildman–Crippen MR) is 113 cm³/mol. The molecule has 146 valence electrons. The van der Waals surface area contributed by atoms with E-state index < -0.39 is 0 Å². The number of hydrogen-bond donors (Lipinski definition) is 0. The Balaban J connectivity index is 1.54. The zero-order valence-corrected chi connectivity index (χ0v) is 17.4. The lowest BCUT2D eigenvalue weighted by atomic mass is 10.2. The van der Waals surface area contributed by atoms with Crippen molar-refractivity contribution in [2.24, 2.45) is 0 Å². The molecule has 0 aliphatic heterocycles. The Morgan fingerprint density at radius 3 is 2.46 bits per heavy atom. The molecule has 0 N–H and O–H groups in total. The zero-order chi connectivity index (χ0) is 20.1. The zero-order valence-electron chi connectivity index (χ0n) is 15.8. The Kier molecular flexibility index (Phi) is 6.73. The highest BCUT2D eigenvalue weighted by atomic mass is 35.5. The minimum atomic E-state index is 0.0371. The fourth-order valence-corrected chi connectivity index (χ4v) is 3.20. The van der Waals surface area contributed by atoms with E-state index in [0.29, 0.717) is 29.7 Å². The molecule has 1 amide bonds. The van der Waals surface area contributed by atoms with Crippen LogP contribution in [0.2, 0.25) is 10.0 Å². The summed E-state index contributed by atoms with van der Waals surface area (Å²) >= 11 is 12.0. The van der Waals surface area contributed by atoms with Gasteiger partial charge in [-0.15, -0.1) is 0 Å². The van der Waals surface area contributed by atoms with E-state index in [1.165, 1.54) is 0 Å². The van der Waals surface area contributed by atoms with Crippen molar-refractivity contribution in [3.05, 3.63) is 82.1 Å². The molecule has 28 heavy (non-hydrogen) atoms. The maximum Gasteiger partial charge on any atom is 0.236 e. The van der Waals surface area contributed by atoms with Crippen molar-refractivity contribution in [2.75, 3.05) is 20.6 Å². The standard InChI is InChI=1S/C21H22Cl2N4O/c1-25(12-16-8-9-19(22)20(23)10-16)15-21(28)26(2)13-17-11-24-27(14-17)18-6-4-3-5-7-18/h3-11,14H,12-13,15H2,1-2H3. The summed E-state index contributed by atoms with van der Waals surface area (Å²) in [5.41, 5.74) is 2.98. The van der Waals surface area contributed by atoms with Crippen molar-refractivity contribution < 1.29 is 4.79 Å². The van der Waals surface area contributed by atoms with Crippen molar-refractivity contribution in [1.82, 2.24) is 19.6 Å². The molecular formula is C21H22Cl2N4O. The summed E-state index contributed by atoms with van der Waals surface area (Å²) in [6, 6.07) is 15.4. The first kappa shape index (κ1) is 20.4. The summed E-state index contributed by atoms with van der Waals surface area (Å²) < 4.78 is 1.81. The number of rotatable bonds is 7. The van der Waals surface area contributed by atoms with Gasteiger partial charge >= 0.3 is 0 Å². The Bertz CT molecular complexity index is 943. The quantitative estimate of drug-likeness (QED) is 0.577. The number of nitrogens with zero attached hydrogens (tertiary/aromatic N) is 4. The molecule has 0 unspecified atom stereocenters. The van der Waals surface area contributed by atoms with Crippen molar-refractivity contribution >= 4 is 29.1 Å². The fraction of sp³-hybridized carbons (Fsp3) is 0.238. The van der Waals surface area contributed by atoms with Gasteiger partial charge in [0, 0.05) is 31.9 Å². The van der Waals surface area contributed by atoms with Gasteiger partial charge in [-0.05, 0) is 36.9 Å². The highest BCUT2D eigenvalue weighted by molar-refractivity contribution is 6.42. The van der Waals surface area contributed by atoms with Crippen LogP contribution in [0, 0.1) is 0 Å². The van der Waals surface area contributed by atoms with Gasteiger partial charge in [-0.3, -0.25) is 9.69 Å². The molecular weight excluding hydrogens is 395 g/mol. The SMILES string of the molecule is CN(CC(=O)N(C)Cc1cnn(-c2ccccc2)c1)Cc1ccc(Cl)c(Cl)c1. The largest absolute Gasteiger partial charge is 0.340 e. The molecule has 0 radical (unpaired) electrons. The fourth-order valence-electron chi connectivity index (χ4n) is 2.88. The van der Waals surface area contributed by atoms with E-state index in [4.69, 9.17) is 23.2 Å². The molecule has 0 aliphatic carbocycles. The monoisotopic (exact) mass is 416 g/mol. The van der Waals surface area contributed by atoms with Crippen molar-refractivity contribution in [3.8, 4) is 5.69 Å². The third-order valence-corrected chi connectivity index (χ3v) is 5.08. The Hall–Kier alpha value is -2.34. The summed E-state index contributed by atoms with van der Waals surface area (Å²) in [5, 5.41) is 5.42. The molecule has 5 nitrogen and oxygen atoms in total. The van der Waals surface area contributed by atoms with Gasteiger partial charge in [-0.25, -0.2) is 4.68 Å². The Morgan fingerprint density at radius 1 is 1.00 bits per heavy atom. The van der Waals surface area contributed by atoms with Gasteiger partial charge in [-0.1, -0.05) is 47.5 Å². The lowest BCUT2D eigenvalue weighted by Crippen LogP contribution is -2.36. The van der Waals surface area contributed by atoms with E-state index in [0.717, 1.165) is 16.8 Å². The molecule has 0 spiro atoms. The van der Waals surface area contributed by atoms with Gasteiger partial charge in [0.05, 0.1) is 28.5 Å². The second-order valence-electron chi connectivity index (χ2n) is 6.80. The van der Waals surface area contributed by atoms with Crippen LogP contribution in [-0.4, -0.2) is 46.1 Å². The van der Waals surface area contributed by atoms with E-state index in [9.17, 15) is 4.79 Å². The molecule has 0 bridgehead atoms. The normalized spacial score (nSPS) is 11.0. The highest BCUT2D eigenvalue weighted by Crippen LogP contribution is 2.23.